The lowest BCUT2D eigenvalue weighted by Crippen LogP contribution is -2.46. The van der Waals surface area contributed by atoms with Gasteiger partial charge in [0, 0.05) is 25.6 Å². The number of nitrogens with one attached hydrogen (secondary N) is 1. The molecular weight excluding hydrogens is 316 g/mol. The molecule has 1 unspecified atom stereocenters. The number of piperidine rings is 1. The Morgan fingerprint density at radius 1 is 1.16 bits per heavy atom. The van der Waals surface area contributed by atoms with Gasteiger partial charge in [-0.3, -0.25) is 9.59 Å². The average Bonchev–Trinajstić information content (AvgIpc) is 3.17. The Morgan fingerprint density at radius 3 is 2.52 bits per heavy atom. The van der Waals surface area contributed by atoms with Gasteiger partial charge in [0.2, 0.25) is 5.91 Å². The largest absolute Gasteiger partial charge is 0.459 e. The topological polar surface area (TPSA) is 62.6 Å². The van der Waals surface area contributed by atoms with Gasteiger partial charge in [-0.1, -0.05) is 37.3 Å². The van der Waals surface area contributed by atoms with Crippen LogP contribution in [-0.2, 0) is 4.79 Å². The molecule has 1 fully saturated rings. The van der Waals surface area contributed by atoms with E-state index in [1.54, 1.807) is 17.0 Å². The van der Waals surface area contributed by atoms with E-state index in [2.05, 4.69) is 24.4 Å². The van der Waals surface area contributed by atoms with Crippen molar-refractivity contribution in [3.05, 3.63) is 60.1 Å². The van der Waals surface area contributed by atoms with Gasteiger partial charge >= 0.3 is 0 Å². The van der Waals surface area contributed by atoms with Crippen LogP contribution in [-0.4, -0.2) is 35.8 Å². The molecular formula is C20H24N2O3. The summed E-state index contributed by atoms with van der Waals surface area (Å²) in [5.41, 5.74) is 1.18. The molecule has 2 amide bonds. The number of hydrogen-bond acceptors (Lipinski definition) is 3. The zero-order valence-corrected chi connectivity index (χ0v) is 14.5. The van der Waals surface area contributed by atoms with Crippen molar-refractivity contribution in [3.8, 4) is 0 Å². The summed E-state index contributed by atoms with van der Waals surface area (Å²) in [6.45, 7) is 3.34. The van der Waals surface area contributed by atoms with Crippen LogP contribution in [0.15, 0.2) is 53.1 Å². The molecule has 5 heteroatoms. The van der Waals surface area contributed by atoms with Crippen molar-refractivity contribution < 1.29 is 14.0 Å². The van der Waals surface area contributed by atoms with Crippen molar-refractivity contribution >= 4 is 11.8 Å². The smallest absolute Gasteiger partial charge is 0.289 e. The summed E-state index contributed by atoms with van der Waals surface area (Å²) < 4.78 is 5.16. The SMILES string of the molecule is CC(CC(=O)NC1CCN(C(=O)c2ccco2)CC1)c1ccccc1. The highest BCUT2D eigenvalue weighted by Crippen LogP contribution is 2.19. The van der Waals surface area contributed by atoms with Crippen LogP contribution in [0.4, 0.5) is 0 Å². The molecule has 25 heavy (non-hydrogen) atoms. The van der Waals surface area contributed by atoms with Crippen LogP contribution in [0.1, 0.15) is 48.2 Å². The first-order valence-corrected chi connectivity index (χ1v) is 8.80. The quantitative estimate of drug-likeness (QED) is 0.909. The number of carbonyl (C=O) groups is 2. The molecule has 5 nitrogen and oxygen atoms in total. The Kier molecular flexibility index (Phi) is 5.53. The lowest BCUT2D eigenvalue weighted by atomic mass is 9.97. The predicted molar refractivity (Wildman–Crippen MR) is 95.3 cm³/mol. The molecule has 2 heterocycles. The zero-order valence-electron chi connectivity index (χ0n) is 14.5. The molecule has 1 aromatic carbocycles. The Balaban J connectivity index is 1.44. The van der Waals surface area contributed by atoms with Gasteiger partial charge < -0.3 is 14.6 Å². The number of amides is 2. The third-order valence-corrected chi connectivity index (χ3v) is 4.74. The van der Waals surface area contributed by atoms with E-state index in [4.69, 9.17) is 4.42 Å². The van der Waals surface area contributed by atoms with E-state index < -0.39 is 0 Å². The summed E-state index contributed by atoms with van der Waals surface area (Å²) >= 11 is 0. The Bertz CT molecular complexity index is 689. The van der Waals surface area contributed by atoms with Gasteiger partial charge in [0.15, 0.2) is 5.76 Å². The van der Waals surface area contributed by atoms with Crippen molar-refractivity contribution in [1.82, 2.24) is 10.2 Å². The monoisotopic (exact) mass is 340 g/mol. The summed E-state index contributed by atoms with van der Waals surface area (Å²) in [5, 5.41) is 3.11. The lowest BCUT2D eigenvalue weighted by molar-refractivity contribution is -0.122. The second-order valence-electron chi connectivity index (χ2n) is 6.63. The first-order valence-electron chi connectivity index (χ1n) is 8.80. The number of carbonyl (C=O) groups excluding carboxylic acids is 2. The molecule has 1 aromatic heterocycles. The molecule has 0 aliphatic carbocycles. The van der Waals surface area contributed by atoms with Crippen LogP contribution >= 0.6 is 0 Å². The van der Waals surface area contributed by atoms with Crippen LogP contribution in [0.2, 0.25) is 0 Å². The molecule has 1 N–H and O–H groups in total. The maximum atomic E-state index is 12.3. The van der Waals surface area contributed by atoms with E-state index in [9.17, 15) is 9.59 Å². The third kappa shape index (κ3) is 4.50. The van der Waals surface area contributed by atoms with Crippen LogP contribution in [0, 0.1) is 0 Å². The lowest BCUT2D eigenvalue weighted by Gasteiger charge is -2.32. The minimum atomic E-state index is -0.0764. The van der Waals surface area contributed by atoms with E-state index in [1.807, 2.05) is 18.2 Å². The average molecular weight is 340 g/mol. The molecule has 1 atom stereocenters. The van der Waals surface area contributed by atoms with Crippen molar-refractivity contribution in [2.24, 2.45) is 0 Å². The van der Waals surface area contributed by atoms with Gasteiger partial charge in [-0.25, -0.2) is 0 Å². The van der Waals surface area contributed by atoms with E-state index in [0.29, 0.717) is 25.3 Å². The number of benzene rings is 1. The van der Waals surface area contributed by atoms with Crippen LogP contribution in [0.3, 0.4) is 0 Å². The van der Waals surface area contributed by atoms with Gasteiger partial charge in [0.05, 0.1) is 6.26 Å². The van der Waals surface area contributed by atoms with Gasteiger partial charge in [0.25, 0.3) is 5.91 Å². The second-order valence-corrected chi connectivity index (χ2v) is 6.63. The molecule has 1 saturated heterocycles. The highest BCUT2D eigenvalue weighted by Gasteiger charge is 2.26. The van der Waals surface area contributed by atoms with Crippen molar-refractivity contribution in [1.29, 1.82) is 0 Å². The third-order valence-electron chi connectivity index (χ3n) is 4.74. The molecule has 0 spiro atoms. The second kappa shape index (κ2) is 8.01. The van der Waals surface area contributed by atoms with E-state index >= 15 is 0 Å². The van der Waals surface area contributed by atoms with Crippen molar-refractivity contribution in [3.63, 3.8) is 0 Å². The van der Waals surface area contributed by atoms with Crippen molar-refractivity contribution in [2.75, 3.05) is 13.1 Å². The normalized spacial score (nSPS) is 16.4. The van der Waals surface area contributed by atoms with Gasteiger partial charge in [-0.05, 0) is 36.5 Å². The Hall–Kier alpha value is -2.56. The van der Waals surface area contributed by atoms with E-state index in [-0.39, 0.29) is 23.8 Å². The summed E-state index contributed by atoms with van der Waals surface area (Å²) in [6, 6.07) is 13.6. The fraction of sp³-hybridized carbons (Fsp3) is 0.400. The molecule has 2 aromatic rings. The molecule has 1 aliphatic heterocycles. The maximum absolute atomic E-state index is 12.3. The minimum absolute atomic E-state index is 0.0761. The van der Waals surface area contributed by atoms with Crippen LogP contribution in [0.25, 0.3) is 0 Å². The Labute approximate surface area is 148 Å². The number of hydrogen-bond donors (Lipinski definition) is 1. The highest BCUT2D eigenvalue weighted by atomic mass is 16.3. The van der Waals surface area contributed by atoms with E-state index in [0.717, 1.165) is 12.8 Å². The van der Waals surface area contributed by atoms with Crippen molar-refractivity contribution in [2.45, 2.75) is 38.1 Å². The number of furan rings is 1. The first kappa shape index (κ1) is 17.3. The molecule has 0 bridgehead atoms. The molecule has 0 radical (unpaired) electrons. The molecule has 1 aliphatic rings. The maximum Gasteiger partial charge on any atom is 0.289 e. The fourth-order valence-corrected chi connectivity index (χ4v) is 3.25. The van der Waals surface area contributed by atoms with Gasteiger partial charge in [-0.15, -0.1) is 0 Å². The van der Waals surface area contributed by atoms with E-state index in [1.165, 1.54) is 11.8 Å². The predicted octanol–water partition coefficient (Wildman–Crippen LogP) is 3.19. The van der Waals surface area contributed by atoms with Gasteiger partial charge in [0.1, 0.15) is 0 Å². The standard InChI is InChI=1S/C20H24N2O3/c1-15(16-6-3-2-4-7-16)14-19(23)21-17-9-11-22(12-10-17)20(24)18-8-5-13-25-18/h2-8,13,15,17H,9-12,14H2,1H3,(H,21,23). The summed E-state index contributed by atoms with van der Waals surface area (Å²) in [4.78, 5) is 26.3. The summed E-state index contributed by atoms with van der Waals surface area (Å²) in [5.74, 6) is 0.570. The van der Waals surface area contributed by atoms with Gasteiger partial charge in [-0.2, -0.15) is 0 Å². The summed E-state index contributed by atoms with van der Waals surface area (Å²) in [6.07, 6.45) is 3.54. The Morgan fingerprint density at radius 2 is 1.88 bits per heavy atom. The van der Waals surface area contributed by atoms with Crippen LogP contribution < -0.4 is 5.32 Å². The number of rotatable bonds is 5. The molecule has 132 valence electrons. The minimum Gasteiger partial charge on any atom is -0.459 e. The molecule has 3 rings (SSSR count). The summed E-state index contributed by atoms with van der Waals surface area (Å²) in [7, 11) is 0. The number of likely N-dealkylation sites (tertiary alicyclic amines) is 1. The first-order chi connectivity index (χ1) is 12.1. The fourth-order valence-electron chi connectivity index (χ4n) is 3.25. The zero-order chi connectivity index (χ0) is 17.6. The van der Waals surface area contributed by atoms with Crippen LogP contribution in [0.5, 0.6) is 0 Å². The molecule has 0 saturated carbocycles. The highest BCUT2D eigenvalue weighted by molar-refractivity contribution is 5.91. The number of nitrogens with zero attached hydrogens (tertiary/aromatic N) is 1.